The molecule has 0 aromatic heterocycles. The van der Waals surface area contributed by atoms with Crippen molar-refractivity contribution in [2.24, 2.45) is 0 Å². The molecule has 0 aliphatic rings. The minimum Gasteiger partial charge on any atom is -0.491 e. The first-order valence-corrected chi connectivity index (χ1v) is 11.6. The highest BCUT2D eigenvalue weighted by Crippen LogP contribution is 2.24. The van der Waals surface area contributed by atoms with E-state index < -0.39 is 0 Å². The monoisotopic (exact) mass is 460 g/mol. The van der Waals surface area contributed by atoms with E-state index in [0.717, 1.165) is 24.3 Å². The van der Waals surface area contributed by atoms with E-state index in [4.69, 9.17) is 9.47 Å². The Kier molecular flexibility index (Phi) is 8.68. The van der Waals surface area contributed by atoms with E-state index in [2.05, 4.69) is 24.5 Å². The van der Waals surface area contributed by atoms with E-state index in [1.54, 1.807) is 72.8 Å². The maximum absolute atomic E-state index is 12.8. The molecule has 2 amide bonds. The molecule has 0 saturated carbocycles. The van der Waals surface area contributed by atoms with Crippen LogP contribution in [-0.2, 0) is 0 Å². The molecule has 178 valence electrons. The predicted molar refractivity (Wildman–Crippen MR) is 136 cm³/mol. The minimum absolute atomic E-state index is 0.110. The first-order valence-electron chi connectivity index (χ1n) is 11.6. The summed E-state index contributed by atoms with van der Waals surface area (Å²) in [5.41, 5.74) is 2.01. The molecule has 0 bridgehead atoms. The third-order valence-corrected chi connectivity index (χ3v) is 5.48. The Morgan fingerprint density at radius 1 is 0.647 bits per heavy atom. The molecule has 0 aliphatic heterocycles. The Labute approximate surface area is 201 Å². The van der Waals surface area contributed by atoms with E-state index in [1.165, 1.54) is 0 Å². The molecule has 3 aromatic carbocycles. The Morgan fingerprint density at radius 3 is 1.32 bits per heavy atom. The van der Waals surface area contributed by atoms with Crippen LogP contribution in [0.5, 0.6) is 11.5 Å². The summed E-state index contributed by atoms with van der Waals surface area (Å²) < 4.78 is 11.5. The summed E-state index contributed by atoms with van der Waals surface area (Å²) in [5.74, 6) is 0.893. The van der Waals surface area contributed by atoms with Gasteiger partial charge in [-0.15, -0.1) is 0 Å². The van der Waals surface area contributed by atoms with Gasteiger partial charge in [-0.1, -0.05) is 26.0 Å². The second-order valence-electron chi connectivity index (χ2n) is 8.18. The molecule has 0 heterocycles. The molecule has 0 saturated heterocycles. The Morgan fingerprint density at radius 2 is 1.00 bits per heavy atom. The van der Waals surface area contributed by atoms with Crippen LogP contribution < -0.4 is 20.1 Å². The molecule has 2 unspecified atom stereocenters. The lowest BCUT2D eigenvalue weighted by Gasteiger charge is -2.14. The van der Waals surface area contributed by atoms with Crippen molar-refractivity contribution >= 4 is 23.2 Å². The lowest BCUT2D eigenvalue weighted by Crippen LogP contribution is -2.17. The van der Waals surface area contributed by atoms with Gasteiger partial charge in [0.15, 0.2) is 0 Å². The fourth-order valence-electron chi connectivity index (χ4n) is 3.09. The van der Waals surface area contributed by atoms with Gasteiger partial charge in [0.1, 0.15) is 11.5 Å². The molecule has 6 nitrogen and oxygen atoms in total. The highest BCUT2D eigenvalue weighted by atomic mass is 16.5. The van der Waals surface area contributed by atoms with E-state index in [9.17, 15) is 9.59 Å². The standard InChI is InChI=1S/C28H32N2O4/c1-5-19(3)33-23-15-11-21(12-16-23)27(31)29-25-9-7-8-10-26(25)30-28(32)22-13-17-24(18-14-22)34-20(4)6-2/h7-20H,5-6H2,1-4H3,(H,29,31)(H,30,32). The summed E-state index contributed by atoms with van der Waals surface area (Å²) in [7, 11) is 0. The number of ether oxygens (including phenoxy) is 2. The third-order valence-electron chi connectivity index (χ3n) is 5.48. The normalized spacial score (nSPS) is 12.4. The van der Waals surface area contributed by atoms with Gasteiger partial charge in [-0.25, -0.2) is 0 Å². The zero-order valence-corrected chi connectivity index (χ0v) is 20.1. The molecule has 3 aromatic rings. The van der Waals surface area contributed by atoms with Gasteiger partial charge in [0.2, 0.25) is 0 Å². The molecule has 2 atom stereocenters. The van der Waals surface area contributed by atoms with Crippen molar-refractivity contribution in [3.05, 3.63) is 83.9 Å². The largest absolute Gasteiger partial charge is 0.491 e. The van der Waals surface area contributed by atoms with Crippen LogP contribution in [0, 0.1) is 0 Å². The predicted octanol–water partition coefficient (Wildman–Crippen LogP) is 6.55. The van der Waals surface area contributed by atoms with Crippen molar-refractivity contribution in [3.8, 4) is 11.5 Å². The van der Waals surface area contributed by atoms with Gasteiger partial charge in [-0.3, -0.25) is 9.59 Å². The maximum atomic E-state index is 12.8. The number of carbonyl (C=O) groups excluding carboxylic acids is 2. The molecule has 0 radical (unpaired) electrons. The third kappa shape index (κ3) is 6.85. The summed E-state index contributed by atoms with van der Waals surface area (Å²) in [5, 5.41) is 5.76. The number of carbonyl (C=O) groups is 2. The van der Waals surface area contributed by atoms with Crippen LogP contribution in [0.3, 0.4) is 0 Å². The quantitative estimate of drug-likeness (QED) is 0.360. The summed E-state index contributed by atoms with van der Waals surface area (Å²) in [4.78, 5) is 25.6. The van der Waals surface area contributed by atoms with E-state index in [1.807, 2.05) is 13.8 Å². The average Bonchev–Trinajstić information content (AvgIpc) is 2.85. The fourth-order valence-corrected chi connectivity index (χ4v) is 3.09. The number of hydrogen-bond donors (Lipinski definition) is 2. The van der Waals surface area contributed by atoms with Crippen molar-refractivity contribution in [1.29, 1.82) is 0 Å². The molecular formula is C28H32N2O4. The molecule has 3 rings (SSSR count). The van der Waals surface area contributed by atoms with Gasteiger partial charge >= 0.3 is 0 Å². The Bertz CT molecular complexity index is 1010. The number of benzene rings is 3. The van der Waals surface area contributed by atoms with Crippen molar-refractivity contribution < 1.29 is 19.1 Å². The Balaban J connectivity index is 1.66. The molecular weight excluding hydrogens is 428 g/mol. The first-order chi connectivity index (χ1) is 16.4. The lowest BCUT2D eigenvalue weighted by atomic mass is 10.1. The number of anilines is 2. The van der Waals surface area contributed by atoms with Crippen LogP contribution in [0.25, 0.3) is 0 Å². The zero-order valence-electron chi connectivity index (χ0n) is 20.1. The number of nitrogens with one attached hydrogen (secondary N) is 2. The second-order valence-corrected chi connectivity index (χ2v) is 8.18. The minimum atomic E-state index is -0.275. The summed E-state index contributed by atoms with van der Waals surface area (Å²) in [6.45, 7) is 8.11. The van der Waals surface area contributed by atoms with Gasteiger partial charge in [0, 0.05) is 11.1 Å². The van der Waals surface area contributed by atoms with E-state index in [0.29, 0.717) is 22.5 Å². The van der Waals surface area contributed by atoms with Crippen LogP contribution >= 0.6 is 0 Å². The van der Waals surface area contributed by atoms with Crippen molar-refractivity contribution in [1.82, 2.24) is 0 Å². The van der Waals surface area contributed by atoms with Crippen molar-refractivity contribution in [2.45, 2.75) is 52.7 Å². The fraction of sp³-hybridized carbons (Fsp3) is 0.286. The van der Waals surface area contributed by atoms with Gasteiger partial charge < -0.3 is 20.1 Å². The van der Waals surface area contributed by atoms with Crippen molar-refractivity contribution in [2.75, 3.05) is 10.6 Å². The van der Waals surface area contributed by atoms with Crippen molar-refractivity contribution in [3.63, 3.8) is 0 Å². The van der Waals surface area contributed by atoms with Crippen LogP contribution in [0.4, 0.5) is 11.4 Å². The molecule has 0 fully saturated rings. The molecule has 34 heavy (non-hydrogen) atoms. The highest BCUT2D eigenvalue weighted by Gasteiger charge is 2.13. The number of amides is 2. The van der Waals surface area contributed by atoms with Gasteiger partial charge in [-0.2, -0.15) is 0 Å². The summed E-state index contributed by atoms with van der Waals surface area (Å²) in [6.07, 6.45) is 2.03. The molecule has 0 spiro atoms. The Hall–Kier alpha value is -3.80. The SMILES string of the molecule is CCC(C)Oc1ccc(C(=O)Nc2ccccc2NC(=O)c2ccc(OC(C)CC)cc2)cc1. The second kappa shape index (κ2) is 11.9. The summed E-state index contributed by atoms with van der Waals surface area (Å²) in [6, 6.07) is 21.1. The zero-order chi connectivity index (χ0) is 24.5. The number of para-hydroxylation sites is 2. The lowest BCUT2D eigenvalue weighted by molar-refractivity contribution is 0.101. The number of rotatable bonds is 10. The van der Waals surface area contributed by atoms with E-state index >= 15 is 0 Å². The average molecular weight is 461 g/mol. The highest BCUT2D eigenvalue weighted by molar-refractivity contribution is 6.10. The van der Waals surface area contributed by atoms with Gasteiger partial charge in [0.25, 0.3) is 11.8 Å². The van der Waals surface area contributed by atoms with Gasteiger partial charge in [-0.05, 0) is 87.4 Å². The van der Waals surface area contributed by atoms with E-state index in [-0.39, 0.29) is 24.0 Å². The molecule has 6 heteroatoms. The molecule has 0 aliphatic carbocycles. The molecule has 2 N–H and O–H groups in total. The smallest absolute Gasteiger partial charge is 0.255 e. The first kappa shape index (κ1) is 24.8. The van der Waals surface area contributed by atoms with Gasteiger partial charge in [0.05, 0.1) is 23.6 Å². The summed E-state index contributed by atoms with van der Waals surface area (Å²) >= 11 is 0. The number of hydrogen-bond acceptors (Lipinski definition) is 4. The van der Waals surface area contributed by atoms with Crippen LogP contribution in [0.15, 0.2) is 72.8 Å². The van der Waals surface area contributed by atoms with Crippen LogP contribution in [-0.4, -0.2) is 24.0 Å². The van der Waals surface area contributed by atoms with Crippen LogP contribution in [0.2, 0.25) is 0 Å². The topological polar surface area (TPSA) is 76.7 Å². The van der Waals surface area contributed by atoms with Crippen LogP contribution in [0.1, 0.15) is 61.3 Å². The maximum Gasteiger partial charge on any atom is 0.255 e.